The summed E-state index contributed by atoms with van der Waals surface area (Å²) in [5.74, 6) is 0.434. The fourth-order valence-electron chi connectivity index (χ4n) is 2.89. The number of rotatable bonds is 5. The van der Waals surface area contributed by atoms with Crippen molar-refractivity contribution in [1.82, 2.24) is 5.32 Å². The Labute approximate surface area is 141 Å². The van der Waals surface area contributed by atoms with E-state index in [0.717, 1.165) is 35.1 Å². The number of carbonyl (C=O) groups excluding carboxylic acids is 1. The van der Waals surface area contributed by atoms with Gasteiger partial charge in [0.15, 0.2) is 0 Å². The van der Waals surface area contributed by atoms with E-state index in [1.807, 2.05) is 30.3 Å². The van der Waals surface area contributed by atoms with Gasteiger partial charge in [0.2, 0.25) is 5.91 Å². The first-order valence-electron chi connectivity index (χ1n) is 7.40. The largest absolute Gasteiger partial charge is 0.343 e. The SMILES string of the molecule is N#CCNC(=O)[C@@H]1CCCC[C@H]1CS(=O)c1ccc(Br)cc1. The summed E-state index contributed by atoms with van der Waals surface area (Å²) in [4.78, 5) is 13.0. The van der Waals surface area contributed by atoms with Crippen molar-refractivity contribution in [2.45, 2.75) is 30.6 Å². The van der Waals surface area contributed by atoms with Crippen LogP contribution in [0.15, 0.2) is 33.6 Å². The molecule has 4 nitrogen and oxygen atoms in total. The van der Waals surface area contributed by atoms with Crippen molar-refractivity contribution in [1.29, 1.82) is 5.26 Å². The molecule has 0 aromatic heterocycles. The topological polar surface area (TPSA) is 70.0 Å². The molecule has 1 saturated carbocycles. The molecule has 1 fully saturated rings. The quantitative estimate of drug-likeness (QED) is 0.795. The van der Waals surface area contributed by atoms with Crippen LogP contribution in [0.4, 0.5) is 0 Å². The first-order chi connectivity index (χ1) is 10.6. The maximum Gasteiger partial charge on any atom is 0.224 e. The second kappa shape index (κ2) is 8.44. The summed E-state index contributed by atoms with van der Waals surface area (Å²) in [6.45, 7) is 0.0395. The summed E-state index contributed by atoms with van der Waals surface area (Å²) in [5.41, 5.74) is 0. The minimum absolute atomic E-state index is 0.0395. The van der Waals surface area contributed by atoms with Crippen LogP contribution < -0.4 is 5.32 Å². The standard InChI is InChI=1S/C16H19BrN2O2S/c17-13-5-7-14(8-6-13)22(21)11-12-3-1-2-4-15(12)16(20)19-10-9-18/h5-8,12,15H,1-4,10-11H2,(H,19,20)/t12-,15+,22?/m0/s1. The van der Waals surface area contributed by atoms with Crippen molar-refractivity contribution in [2.24, 2.45) is 11.8 Å². The van der Waals surface area contributed by atoms with Crippen LogP contribution in [0.25, 0.3) is 0 Å². The Kier molecular flexibility index (Phi) is 6.59. The molecule has 1 aromatic carbocycles. The number of amides is 1. The van der Waals surface area contributed by atoms with E-state index in [2.05, 4.69) is 21.2 Å². The van der Waals surface area contributed by atoms with Gasteiger partial charge in [0.05, 0.1) is 16.9 Å². The second-order valence-electron chi connectivity index (χ2n) is 5.49. The van der Waals surface area contributed by atoms with Crippen LogP contribution in [0.3, 0.4) is 0 Å². The molecule has 2 rings (SSSR count). The molecule has 3 atom stereocenters. The predicted octanol–water partition coefficient (Wildman–Crippen LogP) is 3.00. The molecule has 0 bridgehead atoms. The maximum absolute atomic E-state index is 12.5. The van der Waals surface area contributed by atoms with Crippen LogP contribution in [0.5, 0.6) is 0 Å². The molecule has 118 valence electrons. The fourth-order valence-corrected chi connectivity index (χ4v) is 4.57. The zero-order chi connectivity index (χ0) is 15.9. The number of carbonyl (C=O) groups is 1. The lowest BCUT2D eigenvalue weighted by Crippen LogP contribution is -2.38. The number of benzene rings is 1. The van der Waals surface area contributed by atoms with Crippen LogP contribution in [0.1, 0.15) is 25.7 Å². The van der Waals surface area contributed by atoms with Gasteiger partial charge in [-0.25, -0.2) is 0 Å². The van der Waals surface area contributed by atoms with Gasteiger partial charge in [-0.15, -0.1) is 0 Å². The first-order valence-corrected chi connectivity index (χ1v) is 9.51. The third-order valence-electron chi connectivity index (χ3n) is 4.03. The highest BCUT2D eigenvalue weighted by atomic mass is 79.9. The molecule has 1 aliphatic rings. The molecule has 0 heterocycles. The average molecular weight is 383 g/mol. The first kappa shape index (κ1) is 17.2. The predicted molar refractivity (Wildman–Crippen MR) is 89.5 cm³/mol. The molecule has 1 aliphatic carbocycles. The van der Waals surface area contributed by atoms with Gasteiger partial charge in [0, 0.05) is 21.0 Å². The summed E-state index contributed by atoms with van der Waals surface area (Å²) in [7, 11) is -1.10. The Morgan fingerprint density at radius 1 is 1.32 bits per heavy atom. The highest BCUT2D eigenvalue weighted by molar-refractivity contribution is 9.10. The molecule has 1 unspecified atom stereocenters. The average Bonchev–Trinajstić information content (AvgIpc) is 2.53. The fraction of sp³-hybridized carbons (Fsp3) is 0.500. The molecule has 0 spiro atoms. The lowest BCUT2D eigenvalue weighted by atomic mass is 9.80. The molecule has 22 heavy (non-hydrogen) atoms. The van der Waals surface area contributed by atoms with E-state index in [4.69, 9.17) is 5.26 Å². The lowest BCUT2D eigenvalue weighted by molar-refractivity contribution is -0.127. The smallest absolute Gasteiger partial charge is 0.224 e. The van der Waals surface area contributed by atoms with Gasteiger partial charge in [0.1, 0.15) is 6.54 Å². The van der Waals surface area contributed by atoms with Gasteiger partial charge in [-0.3, -0.25) is 9.00 Å². The second-order valence-corrected chi connectivity index (χ2v) is 7.90. The van der Waals surface area contributed by atoms with Gasteiger partial charge in [-0.05, 0) is 43.0 Å². The van der Waals surface area contributed by atoms with Gasteiger partial charge in [-0.2, -0.15) is 5.26 Å². The van der Waals surface area contributed by atoms with Crippen molar-refractivity contribution in [3.8, 4) is 6.07 Å². The van der Waals surface area contributed by atoms with E-state index >= 15 is 0 Å². The van der Waals surface area contributed by atoms with Crippen LogP contribution >= 0.6 is 15.9 Å². The molecule has 1 aromatic rings. The van der Waals surface area contributed by atoms with Gasteiger partial charge < -0.3 is 5.32 Å². The number of hydrogen-bond donors (Lipinski definition) is 1. The lowest BCUT2D eigenvalue weighted by Gasteiger charge is -2.30. The van der Waals surface area contributed by atoms with Crippen molar-refractivity contribution in [2.75, 3.05) is 12.3 Å². The van der Waals surface area contributed by atoms with Gasteiger partial charge in [0.25, 0.3) is 0 Å². The summed E-state index contributed by atoms with van der Waals surface area (Å²) in [6.07, 6.45) is 3.84. The Balaban J connectivity index is 2.01. The van der Waals surface area contributed by atoms with Gasteiger partial charge >= 0.3 is 0 Å². The summed E-state index contributed by atoms with van der Waals surface area (Å²) in [6, 6.07) is 9.40. The summed E-state index contributed by atoms with van der Waals surface area (Å²) < 4.78 is 13.5. The van der Waals surface area contributed by atoms with Crippen molar-refractivity contribution in [3.05, 3.63) is 28.7 Å². The van der Waals surface area contributed by atoms with Gasteiger partial charge in [-0.1, -0.05) is 28.8 Å². The van der Waals surface area contributed by atoms with Crippen molar-refractivity contribution in [3.63, 3.8) is 0 Å². The maximum atomic E-state index is 12.5. The molecule has 6 heteroatoms. The van der Waals surface area contributed by atoms with Crippen LogP contribution in [0, 0.1) is 23.2 Å². The Morgan fingerprint density at radius 3 is 2.68 bits per heavy atom. The van der Waals surface area contributed by atoms with E-state index in [9.17, 15) is 9.00 Å². The molecular weight excluding hydrogens is 364 g/mol. The van der Waals surface area contributed by atoms with E-state index in [1.54, 1.807) is 0 Å². The van der Waals surface area contributed by atoms with Crippen LogP contribution in [0.2, 0.25) is 0 Å². The highest BCUT2D eigenvalue weighted by Crippen LogP contribution is 2.32. The minimum Gasteiger partial charge on any atom is -0.343 e. The monoisotopic (exact) mass is 382 g/mol. The number of nitrogens with zero attached hydrogens (tertiary/aromatic N) is 1. The molecule has 1 N–H and O–H groups in total. The van der Waals surface area contributed by atoms with E-state index < -0.39 is 10.8 Å². The zero-order valence-corrected chi connectivity index (χ0v) is 14.7. The highest BCUT2D eigenvalue weighted by Gasteiger charge is 2.32. The number of nitriles is 1. The minimum atomic E-state index is -1.10. The van der Waals surface area contributed by atoms with Crippen LogP contribution in [-0.4, -0.2) is 22.4 Å². The molecule has 1 amide bonds. The number of hydrogen-bond acceptors (Lipinski definition) is 3. The Hall–Kier alpha value is -1.19. The third kappa shape index (κ3) is 4.65. The Bertz CT molecular complexity index is 583. The van der Waals surface area contributed by atoms with Crippen molar-refractivity contribution < 1.29 is 9.00 Å². The molecular formula is C16H19BrN2O2S. The van der Waals surface area contributed by atoms with E-state index in [-0.39, 0.29) is 24.3 Å². The number of halogens is 1. The Morgan fingerprint density at radius 2 is 2.00 bits per heavy atom. The third-order valence-corrected chi connectivity index (χ3v) is 6.09. The molecule has 0 aliphatic heterocycles. The molecule has 0 radical (unpaired) electrons. The zero-order valence-electron chi connectivity index (χ0n) is 12.3. The summed E-state index contributed by atoms with van der Waals surface area (Å²) in [5, 5.41) is 11.2. The van der Waals surface area contributed by atoms with E-state index in [0.29, 0.717) is 5.75 Å². The van der Waals surface area contributed by atoms with Crippen molar-refractivity contribution >= 4 is 32.6 Å². The molecule has 0 saturated heterocycles. The normalized spacial score (nSPS) is 22.5. The number of nitrogens with one attached hydrogen (secondary N) is 1. The van der Waals surface area contributed by atoms with E-state index in [1.165, 1.54) is 0 Å². The summed E-state index contributed by atoms with van der Waals surface area (Å²) >= 11 is 3.37. The van der Waals surface area contributed by atoms with Crippen LogP contribution in [-0.2, 0) is 15.6 Å².